The van der Waals surface area contributed by atoms with E-state index in [0.717, 1.165) is 18.8 Å². The molecule has 126 valence electrons. The van der Waals surface area contributed by atoms with E-state index in [-0.39, 0.29) is 11.8 Å². The van der Waals surface area contributed by atoms with Gasteiger partial charge < -0.3 is 15.0 Å². The summed E-state index contributed by atoms with van der Waals surface area (Å²) in [5.74, 6) is 1.02. The summed E-state index contributed by atoms with van der Waals surface area (Å²) in [5, 5.41) is 2.62. The van der Waals surface area contributed by atoms with Crippen molar-refractivity contribution in [3.63, 3.8) is 0 Å². The van der Waals surface area contributed by atoms with Crippen molar-refractivity contribution >= 4 is 11.8 Å². The molecule has 6 heteroatoms. The van der Waals surface area contributed by atoms with E-state index in [2.05, 4.69) is 10.2 Å². The highest BCUT2D eigenvalue weighted by Crippen LogP contribution is 2.10. The summed E-state index contributed by atoms with van der Waals surface area (Å²) in [7, 11) is 1.64. The Kier molecular flexibility index (Phi) is 6.87. The van der Waals surface area contributed by atoms with Gasteiger partial charge in [0.2, 0.25) is 11.8 Å². The molecule has 0 bridgehead atoms. The molecule has 0 aromatic heterocycles. The molecular formula is C17H25N3O3. The lowest BCUT2D eigenvalue weighted by Crippen LogP contribution is -2.50. The number of nitrogens with zero attached hydrogens (tertiary/aromatic N) is 2. The Hall–Kier alpha value is -2.08. The Morgan fingerprint density at radius 3 is 2.48 bits per heavy atom. The SMILES string of the molecule is CNC(=O)CN1CCN(C(=O)CCCOc2ccccc2)CC1. The molecule has 2 rings (SSSR count). The van der Waals surface area contributed by atoms with Crippen LogP contribution in [-0.2, 0) is 9.59 Å². The summed E-state index contributed by atoms with van der Waals surface area (Å²) in [5.41, 5.74) is 0. The lowest BCUT2D eigenvalue weighted by Gasteiger charge is -2.34. The Bertz CT molecular complexity index is 499. The third kappa shape index (κ3) is 5.90. The van der Waals surface area contributed by atoms with Crippen LogP contribution < -0.4 is 10.1 Å². The van der Waals surface area contributed by atoms with Crippen LogP contribution in [0.15, 0.2) is 30.3 Å². The van der Waals surface area contributed by atoms with Gasteiger partial charge in [0, 0.05) is 39.6 Å². The number of carbonyl (C=O) groups excluding carboxylic acids is 2. The number of para-hydroxylation sites is 1. The minimum Gasteiger partial charge on any atom is -0.494 e. The summed E-state index contributed by atoms with van der Waals surface area (Å²) in [6, 6.07) is 9.62. The summed E-state index contributed by atoms with van der Waals surface area (Å²) in [6.45, 7) is 3.83. The lowest BCUT2D eigenvalue weighted by molar-refractivity contribution is -0.133. The molecule has 0 radical (unpaired) electrons. The minimum atomic E-state index is 0.0165. The topological polar surface area (TPSA) is 61.9 Å². The van der Waals surface area contributed by atoms with Crippen molar-refractivity contribution in [1.82, 2.24) is 15.1 Å². The second kappa shape index (κ2) is 9.15. The fourth-order valence-electron chi connectivity index (χ4n) is 2.53. The van der Waals surface area contributed by atoms with Crippen LogP contribution in [0.3, 0.4) is 0 Å². The largest absolute Gasteiger partial charge is 0.494 e. The third-order valence-electron chi connectivity index (χ3n) is 3.92. The molecule has 0 unspecified atom stereocenters. The average molecular weight is 319 g/mol. The molecule has 0 aliphatic carbocycles. The van der Waals surface area contributed by atoms with Crippen molar-refractivity contribution in [2.45, 2.75) is 12.8 Å². The van der Waals surface area contributed by atoms with E-state index in [9.17, 15) is 9.59 Å². The van der Waals surface area contributed by atoms with Crippen molar-refractivity contribution in [2.24, 2.45) is 0 Å². The fraction of sp³-hybridized carbons (Fsp3) is 0.529. The number of hydrogen-bond donors (Lipinski definition) is 1. The first-order valence-corrected chi connectivity index (χ1v) is 8.07. The van der Waals surface area contributed by atoms with Gasteiger partial charge in [-0.1, -0.05) is 18.2 Å². The predicted octanol–water partition coefficient (Wildman–Crippen LogP) is 0.736. The molecule has 1 aromatic carbocycles. The maximum atomic E-state index is 12.2. The molecule has 1 fully saturated rings. The molecule has 1 saturated heterocycles. The van der Waals surface area contributed by atoms with Crippen molar-refractivity contribution in [2.75, 3.05) is 46.4 Å². The fourth-order valence-corrected chi connectivity index (χ4v) is 2.53. The second-order valence-corrected chi connectivity index (χ2v) is 5.60. The van der Waals surface area contributed by atoms with Gasteiger partial charge in [0.15, 0.2) is 0 Å². The van der Waals surface area contributed by atoms with E-state index in [1.807, 2.05) is 35.2 Å². The summed E-state index contributed by atoms with van der Waals surface area (Å²) < 4.78 is 5.59. The first kappa shape index (κ1) is 17.3. The maximum absolute atomic E-state index is 12.2. The van der Waals surface area contributed by atoms with Crippen molar-refractivity contribution in [3.8, 4) is 5.75 Å². The van der Waals surface area contributed by atoms with Crippen LogP contribution in [0.4, 0.5) is 0 Å². The molecule has 1 aliphatic heterocycles. The summed E-state index contributed by atoms with van der Waals surface area (Å²) >= 11 is 0. The lowest BCUT2D eigenvalue weighted by atomic mass is 10.2. The predicted molar refractivity (Wildman–Crippen MR) is 88.3 cm³/mol. The standard InChI is InChI=1S/C17H25N3O3/c1-18-16(21)14-19-9-11-20(12-10-19)17(22)8-5-13-23-15-6-3-2-4-7-15/h2-4,6-7H,5,8-14H2,1H3,(H,18,21). The third-order valence-corrected chi connectivity index (χ3v) is 3.92. The number of piperazine rings is 1. The Morgan fingerprint density at radius 2 is 1.83 bits per heavy atom. The van der Waals surface area contributed by atoms with Crippen LogP contribution in [0.1, 0.15) is 12.8 Å². The molecule has 0 saturated carbocycles. The van der Waals surface area contributed by atoms with Crippen molar-refractivity contribution in [1.29, 1.82) is 0 Å². The van der Waals surface area contributed by atoms with Crippen molar-refractivity contribution in [3.05, 3.63) is 30.3 Å². The van der Waals surface area contributed by atoms with Gasteiger partial charge in [-0.05, 0) is 18.6 Å². The molecule has 0 spiro atoms. The van der Waals surface area contributed by atoms with Gasteiger partial charge in [0.1, 0.15) is 5.75 Å². The monoisotopic (exact) mass is 319 g/mol. The van der Waals surface area contributed by atoms with Crippen LogP contribution in [0.5, 0.6) is 5.75 Å². The van der Waals surface area contributed by atoms with Crippen LogP contribution >= 0.6 is 0 Å². The molecule has 1 aliphatic rings. The van der Waals surface area contributed by atoms with E-state index in [1.54, 1.807) is 7.05 Å². The molecule has 6 nitrogen and oxygen atoms in total. The molecule has 1 aromatic rings. The molecule has 2 amide bonds. The van der Waals surface area contributed by atoms with Crippen molar-refractivity contribution < 1.29 is 14.3 Å². The number of carbonyl (C=O) groups is 2. The van der Waals surface area contributed by atoms with Crippen LogP contribution in [0.25, 0.3) is 0 Å². The van der Waals surface area contributed by atoms with E-state index < -0.39 is 0 Å². The Morgan fingerprint density at radius 1 is 1.13 bits per heavy atom. The van der Waals surface area contributed by atoms with Crippen LogP contribution in [-0.4, -0.2) is 68.0 Å². The molecular weight excluding hydrogens is 294 g/mol. The number of rotatable bonds is 7. The molecule has 1 heterocycles. The summed E-state index contributed by atoms with van der Waals surface area (Å²) in [4.78, 5) is 27.5. The zero-order valence-corrected chi connectivity index (χ0v) is 13.7. The zero-order valence-electron chi connectivity index (χ0n) is 13.7. The van der Waals surface area contributed by atoms with Crippen LogP contribution in [0.2, 0.25) is 0 Å². The first-order valence-electron chi connectivity index (χ1n) is 8.07. The van der Waals surface area contributed by atoms with E-state index in [1.165, 1.54) is 0 Å². The minimum absolute atomic E-state index is 0.0165. The molecule has 0 atom stereocenters. The van der Waals surface area contributed by atoms with Gasteiger partial charge in [-0.15, -0.1) is 0 Å². The van der Waals surface area contributed by atoms with Crippen LogP contribution in [0, 0.1) is 0 Å². The van der Waals surface area contributed by atoms with E-state index in [0.29, 0.717) is 39.1 Å². The highest BCUT2D eigenvalue weighted by molar-refractivity contribution is 5.78. The van der Waals surface area contributed by atoms with Gasteiger partial charge in [-0.2, -0.15) is 0 Å². The number of ether oxygens (including phenoxy) is 1. The number of benzene rings is 1. The van der Waals surface area contributed by atoms with Gasteiger partial charge in [-0.25, -0.2) is 0 Å². The van der Waals surface area contributed by atoms with Gasteiger partial charge in [0.05, 0.1) is 13.2 Å². The number of amides is 2. The Labute approximate surface area is 137 Å². The maximum Gasteiger partial charge on any atom is 0.233 e. The normalized spacial score (nSPS) is 15.3. The smallest absolute Gasteiger partial charge is 0.233 e. The zero-order chi connectivity index (χ0) is 16.5. The number of likely N-dealkylation sites (N-methyl/N-ethyl adjacent to an activating group) is 1. The second-order valence-electron chi connectivity index (χ2n) is 5.60. The van der Waals surface area contributed by atoms with Gasteiger partial charge in [0.25, 0.3) is 0 Å². The highest BCUT2D eigenvalue weighted by atomic mass is 16.5. The molecule has 23 heavy (non-hydrogen) atoms. The first-order chi connectivity index (χ1) is 11.2. The van der Waals surface area contributed by atoms with E-state index in [4.69, 9.17) is 4.74 Å². The van der Waals surface area contributed by atoms with E-state index >= 15 is 0 Å². The summed E-state index contributed by atoms with van der Waals surface area (Å²) in [6.07, 6.45) is 1.22. The number of hydrogen-bond acceptors (Lipinski definition) is 4. The van der Waals surface area contributed by atoms with Gasteiger partial charge >= 0.3 is 0 Å². The quantitative estimate of drug-likeness (QED) is 0.753. The highest BCUT2D eigenvalue weighted by Gasteiger charge is 2.21. The average Bonchev–Trinajstić information content (AvgIpc) is 2.60. The number of nitrogens with one attached hydrogen (secondary N) is 1. The molecule has 1 N–H and O–H groups in total. The van der Waals surface area contributed by atoms with Gasteiger partial charge in [-0.3, -0.25) is 14.5 Å². The Balaban J connectivity index is 1.60.